The minimum absolute atomic E-state index is 0.132. The van der Waals surface area contributed by atoms with Gasteiger partial charge in [-0.1, -0.05) is 12.1 Å². The molecule has 1 aromatic rings. The summed E-state index contributed by atoms with van der Waals surface area (Å²) in [5, 5.41) is 2.83. The lowest BCUT2D eigenvalue weighted by atomic mass is 10.1. The molecule has 1 aliphatic carbocycles. The summed E-state index contributed by atoms with van der Waals surface area (Å²) in [6.45, 7) is 1.68. The normalized spacial score (nSPS) is 15.0. The van der Waals surface area contributed by atoms with E-state index < -0.39 is 5.97 Å². The molecular formula is C18H23NO5. The van der Waals surface area contributed by atoms with Gasteiger partial charge in [0.15, 0.2) is 18.1 Å². The number of benzene rings is 1. The molecular weight excluding hydrogens is 310 g/mol. The molecule has 0 radical (unpaired) electrons. The van der Waals surface area contributed by atoms with Crippen LogP contribution in [0.15, 0.2) is 24.3 Å². The van der Waals surface area contributed by atoms with Crippen molar-refractivity contribution in [2.75, 3.05) is 20.8 Å². The predicted octanol–water partition coefficient (Wildman–Crippen LogP) is 2.17. The molecule has 0 saturated heterocycles. The summed E-state index contributed by atoms with van der Waals surface area (Å²) in [4.78, 5) is 23.4. The van der Waals surface area contributed by atoms with E-state index in [0.29, 0.717) is 23.0 Å². The Hall–Kier alpha value is -2.50. The molecule has 130 valence electrons. The number of rotatable bonds is 8. The van der Waals surface area contributed by atoms with Crippen LogP contribution in [0.4, 0.5) is 0 Å². The number of carbonyl (C=O) groups is 2. The van der Waals surface area contributed by atoms with Gasteiger partial charge in [0.1, 0.15) is 0 Å². The Bertz CT molecular complexity index is 622. The second-order valence-corrected chi connectivity index (χ2v) is 5.72. The van der Waals surface area contributed by atoms with E-state index in [2.05, 4.69) is 5.32 Å². The zero-order valence-electron chi connectivity index (χ0n) is 14.2. The van der Waals surface area contributed by atoms with Crippen LogP contribution in [0, 0.1) is 5.92 Å². The first-order valence-electron chi connectivity index (χ1n) is 7.90. The van der Waals surface area contributed by atoms with Crippen molar-refractivity contribution in [2.24, 2.45) is 5.92 Å². The smallest absolute Gasteiger partial charge is 0.331 e. The maximum absolute atomic E-state index is 11.7. The van der Waals surface area contributed by atoms with Crippen molar-refractivity contribution >= 4 is 18.0 Å². The molecule has 0 bridgehead atoms. The average Bonchev–Trinajstić information content (AvgIpc) is 3.42. The highest BCUT2D eigenvalue weighted by Gasteiger charge is 2.28. The van der Waals surface area contributed by atoms with Crippen molar-refractivity contribution in [3.8, 4) is 11.5 Å². The Morgan fingerprint density at radius 2 is 2.04 bits per heavy atom. The molecule has 0 spiro atoms. The molecule has 6 heteroatoms. The van der Waals surface area contributed by atoms with Gasteiger partial charge < -0.3 is 19.5 Å². The van der Waals surface area contributed by atoms with Crippen LogP contribution in [0.1, 0.15) is 25.3 Å². The molecule has 1 saturated carbocycles. The molecule has 24 heavy (non-hydrogen) atoms. The lowest BCUT2D eigenvalue weighted by Gasteiger charge is -2.12. The standard InChI is InChI=1S/C18H23NO5/c1-12(13-7-8-13)19-16(20)11-24-17(21)10-9-14-5-4-6-15(22-2)18(14)23-3/h4-6,9-10,12-13H,7-8,11H2,1-3H3,(H,19,20)/b10-9+/t12-/m1/s1. The Morgan fingerprint density at radius 3 is 2.67 bits per heavy atom. The van der Waals surface area contributed by atoms with Gasteiger partial charge in [-0.3, -0.25) is 4.79 Å². The van der Waals surface area contributed by atoms with Crippen molar-refractivity contribution in [2.45, 2.75) is 25.8 Å². The van der Waals surface area contributed by atoms with Crippen LogP contribution < -0.4 is 14.8 Å². The number of amides is 1. The van der Waals surface area contributed by atoms with Gasteiger partial charge in [0, 0.05) is 17.7 Å². The molecule has 1 aromatic carbocycles. The fourth-order valence-corrected chi connectivity index (χ4v) is 2.40. The maximum Gasteiger partial charge on any atom is 0.331 e. The molecule has 1 atom stereocenters. The topological polar surface area (TPSA) is 73.9 Å². The van der Waals surface area contributed by atoms with E-state index in [9.17, 15) is 9.59 Å². The fourth-order valence-electron chi connectivity index (χ4n) is 2.40. The predicted molar refractivity (Wildman–Crippen MR) is 89.9 cm³/mol. The van der Waals surface area contributed by atoms with Crippen molar-refractivity contribution in [3.05, 3.63) is 29.8 Å². The lowest BCUT2D eigenvalue weighted by Crippen LogP contribution is -2.36. The van der Waals surface area contributed by atoms with E-state index in [0.717, 1.165) is 12.8 Å². The van der Waals surface area contributed by atoms with Gasteiger partial charge in [-0.05, 0) is 37.8 Å². The molecule has 1 fully saturated rings. The third-order valence-electron chi connectivity index (χ3n) is 3.90. The van der Waals surface area contributed by atoms with E-state index in [-0.39, 0.29) is 18.6 Å². The van der Waals surface area contributed by atoms with Gasteiger partial charge in [-0.15, -0.1) is 0 Å². The minimum atomic E-state index is -0.589. The summed E-state index contributed by atoms with van der Waals surface area (Å²) in [5.74, 6) is 0.788. The van der Waals surface area contributed by atoms with Crippen LogP contribution in [0.25, 0.3) is 6.08 Å². The highest BCUT2D eigenvalue weighted by molar-refractivity contribution is 5.89. The number of hydrogen-bond donors (Lipinski definition) is 1. The van der Waals surface area contributed by atoms with Crippen LogP contribution in [-0.2, 0) is 14.3 Å². The Balaban J connectivity index is 1.85. The van der Waals surface area contributed by atoms with E-state index >= 15 is 0 Å². The fraction of sp³-hybridized carbons (Fsp3) is 0.444. The lowest BCUT2D eigenvalue weighted by molar-refractivity contribution is -0.144. The summed E-state index contributed by atoms with van der Waals surface area (Å²) in [6.07, 6.45) is 5.11. The molecule has 0 heterocycles. The highest BCUT2D eigenvalue weighted by Crippen LogP contribution is 2.32. The molecule has 0 unspecified atom stereocenters. The van der Waals surface area contributed by atoms with Crippen molar-refractivity contribution < 1.29 is 23.8 Å². The van der Waals surface area contributed by atoms with Gasteiger partial charge in [-0.25, -0.2) is 4.79 Å². The second-order valence-electron chi connectivity index (χ2n) is 5.72. The van der Waals surface area contributed by atoms with Crippen molar-refractivity contribution in [3.63, 3.8) is 0 Å². The van der Waals surface area contributed by atoms with Crippen LogP contribution in [-0.4, -0.2) is 38.7 Å². The second kappa shape index (κ2) is 8.38. The van der Waals surface area contributed by atoms with E-state index in [1.807, 2.05) is 6.92 Å². The van der Waals surface area contributed by atoms with Crippen LogP contribution in [0.5, 0.6) is 11.5 Å². The number of carbonyl (C=O) groups excluding carboxylic acids is 2. The molecule has 1 N–H and O–H groups in total. The zero-order valence-corrected chi connectivity index (χ0v) is 14.2. The van der Waals surface area contributed by atoms with Gasteiger partial charge in [0.25, 0.3) is 5.91 Å². The highest BCUT2D eigenvalue weighted by atomic mass is 16.5. The summed E-state index contributed by atoms with van der Waals surface area (Å²) in [5.41, 5.74) is 0.681. The third-order valence-corrected chi connectivity index (χ3v) is 3.90. The first-order chi connectivity index (χ1) is 11.5. The first-order valence-corrected chi connectivity index (χ1v) is 7.90. The number of methoxy groups -OCH3 is 2. The molecule has 6 nitrogen and oxygen atoms in total. The molecule has 1 aliphatic rings. The number of ether oxygens (including phenoxy) is 3. The van der Waals surface area contributed by atoms with E-state index in [1.165, 1.54) is 13.2 Å². The number of esters is 1. The summed E-state index contributed by atoms with van der Waals surface area (Å²) in [6, 6.07) is 5.47. The van der Waals surface area contributed by atoms with Crippen molar-refractivity contribution in [1.29, 1.82) is 0 Å². The van der Waals surface area contributed by atoms with Crippen LogP contribution >= 0.6 is 0 Å². The molecule has 2 rings (SSSR count). The SMILES string of the molecule is COc1cccc(/C=C/C(=O)OCC(=O)N[C@H](C)C2CC2)c1OC. The maximum atomic E-state index is 11.7. The molecule has 0 aromatic heterocycles. The first kappa shape index (κ1) is 17.8. The van der Waals surface area contributed by atoms with Gasteiger partial charge in [0.2, 0.25) is 0 Å². The minimum Gasteiger partial charge on any atom is -0.493 e. The molecule has 1 amide bonds. The van der Waals surface area contributed by atoms with Crippen LogP contribution in [0.3, 0.4) is 0 Å². The summed E-state index contributed by atoms with van der Waals surface area (Å²) in [7, 11) is 3.07. The largest absolute Gasteiger partial charge is 0.493 e. The number of hydrogen-bond acceptors (Lipinski definition) is 5. The summed E-state index contributed by atoms with van der Waals surface area (Å²) < 4.78 is 15.4. The number of para-hydroxylation sites is 1. The van der Waals surface area contributed by atoms with E-state index in [4.69, 9.17) is 14.2 Å². The molecule has 0 aliphatic heterocycles. The third kappa shape index (κ3) is 5.01. The quantitative estimate of drug-likeness (QED) is 0.583. The Labute approximate surface area is 141 Å². The van der Waals surface area contributed by atoms with Gasteiger partial charge >= 0.3 is 5.97 Å². The Kier molecular flexibility index (Phi) is 6.23. The van der Waals surface area contributed by atoms with Gasteiger partial charge in [0.05, 0.1) is 14.2 Å². The van der Waals surface area contributed by atoms with E-state index in [1.54, 1.807) is 31.4 Å². The zero-order chi connectivity index (χ0) is 17.5. The Morgan fingerprint density at radius 1 is 1.29 bits per heavy atom. The monoisotopic (exact) mass is 333 g/mol. The van der Waals surface area contributed by atoms with Crippen LogP contribution in [0.2, 0.25) is 0 Å². The van der Waals surface area contributed by atoms with Gasteiger partial charge in [-0.2, -0.15) is 0 Å². The summed E-state index contributed by atoms with van der Waals surface area (Å²) >= 11 is 0. The van der Waals surface area contributed by atoms with Crippen molar-refractivity contribution in [1.82, 2.24) is 5.32 Å². The average molecular weight is 333 g/mol. The number of nitrogens with one attached hydrogen (secondary N) is 1.